The molecule has 0 radical (unpaired) electrons. The lowest BCUT2D eigenvalue weighted by molar-refractivity contribution is -0.156. The molecule has 0 N–H and O–H groups in total. The van der Waals surface area contributed by atoms with Gasteiger partial charge < -0.3 is 9.47 Å². The SMILES string of the molecule is O=C1C[C@@H](n2nc(-c3ccc(Cl)cc3)n(-c3ccccc3)c2=S)[C@H]2CO[C@H]1O2. The topological polar surface area (TPSA) is 58.3 Å². The summed E-state index contributed by atoms with van der Waals surface area (Å²) in [5.41, 5.74) is 1.77. The number of aromatic nitrogens is 3. The minimum atomic E-state index is -0.748. The van der Waals surface area contributed by atoms with Gasteiger partial charge in [0.15, 0.2) is 11.6 Å². The number of Topliss-reactive ketones (excluding diaryl/α,β-unsaturated/α-hetero) is 1. The van der Waals surface area contributed by atoms with Gasteiger partial charge in [-0.15, -0.1) is 0 Å². The van der Waals surface area contributed by atoms with Gasteiger partial charge in [-0.3, -0.25) is 9.36 Å². The average Bonchev–Trinajstić information content (AvgIpc) is 3.29. The maximum absolute atomic E-state index is 12.3. The molecule has 2 aromatic carbocycles. The highest BCUT2D eigenvalue weighted by Crippen LogP contribution is 2.34. The van der Waals surface area contributed by atoms with Crippen LogP contribution < -0.4 is 0 Å². The highest BCUT2D eigenvalue weighted by Gasteiger charge is 2.45. The number of ether oxygens (including phenoxy) is 2. The highest BCUT2D eigenvalue weighted by molar-refractivity contribution is 7.71. The normalized spacial score (nSPS) is 23.9. The lowest BCUT2D eigenvalue weighted by Crippen LogP contribution is -2.37. The fraction of sp³-hybridized carbons (Fsp3) is 0.250. The number of fused-ring (bicyclic) bond motifs is 2. The van der Waals surface area contributed by atoms with Crippen LogP contribution in [0.3, 0.4) is 0 Å². The third-order valence-electron chi connectivity index (χ3n) is 5.05. The molecule has 0 saturated carbocycles. The van der Waals surface area contributed by atoms with E-state index in [9.17, 15) is 4.79 Å². The zero-order chi connectivity index (χ0) is 19.3. The van der Waals surface area contributed by atoms with Gasteiger partial charge in [0.25, 0.3) is 0 Å². The van der Waals surface area contributed by atoms with Crippen LogP contribution in [-0.2, 0) is 14.3 Å². The van der Waals surface area contributed by atoms with E-state index in [1.54, 1.807) is 4.68 Å². The van der Waals surface area contributed by atoms with Crippen molar-refractivity contribution < 1.29 is 14.3 Å². The monoisotopic (exact) mass is 413 g/mol. The van der Waals surface area contributed by atoms with Crippen molar-refractivity contribution in [1.82, 2.24) is 14.3 Å². The third kappa shape index (κ3) is 2.91. The van der Waals surface area contributed by atoms with E-state index in [1.807, 2.05) is 59.2 Å². The van der Waals surface area contributed by atoms with E-state index in [1.165, 1.54) is 0 Å². The van der Waals surface area contributed by atoms with E-state index < -0.39 is 6.29 Å². The van der Waals surface area contributed by atoms with Crippen LogP contribution >= 0.6 is 23.8 Å². The third-order valence-corrected chi connectivity index (χ3v) is 5.67. The van der Waals surface area contributed by atoms with Crippen molar-refractivity contribution in [1.29, 1.82) is 0 Å². The van der Waals surface area contributed by atoms with Gasteiger partial charge in [-0.25, -0.2) is 4.68 Å². The largest absolute Gasteiger partial charge is 0.343 e. The van der Waals surface area contributed by atoms with Gasteiger partial charge in [0, 0.05) is 22.7 Å². The summed E-state index contributed by atoms with van der Waals surface area (Å²) in [6, 6.07) is 16.9. The van der Waals surface area contributed by atoms with E-state index in [0.717, 1.165) is 11.3 Å². The molecule has 2 saturated heterocycles. The Labute approximate surface area is 171 Å². The van der Waals surface area contributed by atoms with Crippen LogP contribution in [0, 0.1) is 4.77 Å². The number of nitrogens with zero attached hydrogens (tertiary/aromatic N) is 3. The summed E-state index contributed by atoms with van der Waals surface area (Å²) in [5, 5.41) is 5.45. The molecule has 28 heavy (non-hydrogen) atoms. The van der Waals surface area contributed by atoms with Crippen LogP contribution in [0.25, 0.3) is 17.1 Å². The summed E-state index contributed by atoms with van der Waals surface area (Å²) in [7, 11) is 0. The molecule has 2 bridgehead atoms. The minimum absolute atomic E-state index is 0.0806. The van der Waals surface area contributed by atoms with Crippen LogP contribution in [0.1, 0.15) is 12.5 Å². The zero-order valence-corrected chi connectivity index (χ0v) is 16.3. The van der Waals surface area contributed by atoms with E-state index >= 15 is 0 Å². The van der Waals surface area contributed by atoms with Crippen LogP contribution in [0.4, 0.5) is 0 Å². The lowest BCUT2D eigenvalue weighted by atomic mass is 10.0. The maximum atomic E-state index is 12.3. The predicted molar refractivity (Wildman–Crippen MR) is 106 cm³/mol. The summed E-state index contributed by atoms with van der Waals surface area (Å²) in [5.74, 6) is 0.601. The van der Waals surface area contributed by atoms with Crippen molar-refractivity contribution >= 4 is 29.6 Å². The van der Waals surface area contributed by atoms with Crippen LogP contribution in [-0.4, -0.2) is 39.1 Å². The second-order valence-electron chi connectivity index (χ2n) is 6.81. The van der Waals surface area contributed by atoms with Gasteiger partial charge in [-0.1, -0.05) is 29.8 Å². The van der Waals surface area contributed by atoms with Crippen molar-refractivity contribution in [2.75, 3.05) is 6.61 Å². The summed E-state index contributed by atoms with van der Waals surface area (Å²) in [6.45, 7) is 0.358. The number of para-hydroxylation sites is 1. The van der Waals surface area contributed by atoms with E-state index in [4.69, 9.17) is 38.4 Å². The Kier molecular flexibility index (Phi) is 4.40. The molecule has 2 aliphatic rings. The van der Waals surface area contributed by atoms with Gasteiger partial charge in [-0.2, -0.15) is 5.10 Å². The summed E-state index contributed by atoms with van der Waals surface area (Å²) >= 11 is 11.8. The molecule has 8 heteroatoms. The fourth-order valence-electron chi connectivity index (χ4n) is 3.66. The summed E-state index contributed by atoms with van der Waals surface area (Å²) in [6.07, 6.45) is -0.705. The number of hydrogen-bond donors (Lipinski definition) is 0. The number of halogens is 1. The maximum Gasteiger partial charge on any atom is 0.218 e. The number of ketones is 1. The Hall–Kier alpha value is -2.32. The van der Waals surface area contributed by atoms with Gasteiger partial charge in [0.05, 0.1) is 12.6 Å². The molecule has 2 fully saturated rings. The van der Waals surface area contributed by atoms with Crippen molar-refractivity contribution in [3.63, 3.8) is 0 Å². The number of carbonyl (C=O) groups excluding carboxylic acids is 1. The Bertz CT molecular complexity index is 1090. The van der Waals surface area contributed by atoms with Gasteiger partial charge >= 0.3 is 0 Å². The van der Waals surface area contributed by atoms with Crippen molar-refractivity contribution in [3.05, 3.63) is 64.4 Å². The molecule has 5 rings (SSSR count). The van der Waals surface area contributed by atoms with Crippen molar-refractivity contribution in [3.8, 4) is 17.1 Å². The molecular weight excluding hydrogens is 398 g/mol. The van der Waals surface area contributed by atoms with Gasteiger partial charge in [0.2, 0.25) is 11.1 Å². The average molecular weight is 414 g/mol. The Morgan fingerprint density at radius 2 is 1.86 bits per heavy atom. The molecular formula is C20H16ClN3O3S. The van der Waals surface area contributed by atoms with Crippen LogP contribution in [0.15, 0.2) is 54.6 Å². The Balaban J connectivity index is 1.68. The first-order chi connectivity index (χ1) is 13.6. The molecule has 0 aliphatic carbocycles. The second kappa shape index (κ2) is 6.93. The Morgan fingerprint density at radius 3 is 2.61 bits per heavy atom. The molecule has 142 valence electrons. The molecule has 1 aromatic heterocycles. The molecule has 2 aliphatic heterocycles. The molecule has 0 spiro atoms. The van der Waals surface area contributed by atoms with Gasteiger partial charge in [-0.05, 0) is 48.6 Å². The number of rotatable bonds is 3. The van der Waals surface area contributed by atoms with Gasteiger partial charge in [0.1, 0.15) is 6.10 Å². The lowest BCUT2D eigenvalue weighted by Gasteiger charge is -2.26. The first-order valence-corrected chi connectivity index (χ1v) is 9.73. The van der Waals surface area contributed by atoms with E-state index in [-0.39, 0.29) is 24.3 Å². The van der Waals surface area contributed by atoms with Crippen LogP contribution in [0.5, 0.6) is 0 Å². The van der Waals surface area contributed by atoms with Crippen molar-refractivity contribution in [2.24, 2.45) is 0 Å². The second-order valence-corrected chi connectivity index (χ2v) is 7.61. The number of hydrogen-bond acceptors (Lipinski definition) is 5. The fourth-order valence-corrected chi connectivity index (χ4v) is 4.16. The number of carbonyl (C=O) groups is 1. The molecule has 3 aromatic rings. The molecule has 3 atom stereocenters. The van der Waals surface area contributed by atoms with Crippen LogP contribution in [0.2, 0.25) is 5.02 Å². The zero-order valence-electron chi connectivity index (χ0n) is 14.7. The van der Waals surface area contributed by atoms with Crippen molar-refractivity contribution in [2.45, 2.75) is 24.9 Å². The molecule has 0 amide bonds. The smallest absolute Gasteiger partial charge is 0.218 e. The molecule has 0 unspecified atom stereocenters. The first kappa shape index (κ1) is 17.8. The quantitative estimate of drug-likeness (QED) is 0.608. The number of benzene rings is 2. The summed E-state index contributed by atoms with van der Waals surface area (Å²) in [4.78, 5) is 12.3. The highest BCUT2D eigenvalue weighted by atomic mass is 35.5. The standard InChI is InChI=1S/C20H16ClN3O3S/c21-13-8-6-12(7-9-13)18-22-24(15-10-16(25)19-26-11-17(15)27-19)20(28)23(18)14-4-2-1-3-5-14/h1-9,15,17,19H,10-11H2/t15-,17-,19+/m1/s1. The molecule has 6 nitrogen and oxygen atoms in total. The minimum Gasteiger partial charge on any atom is -0.343 e. The first-order valence-electron chi connectivity index (χ1n) is 8.94. The predicted octanol–water partition coefficient (Wildman–Crippen LogP) is 3.98. The Morgan fingerprint density at radius 1 is 1.11 bits per heavy atom. The summed E-state index contributed by atoms with van der Waals surface area (Å²) < 4.78 is 15.3. The van der Waals surface area contributed by atoms with E-state index in [2.05, 4.69) is 0 Å². The van der Waals surface area contributed by atoms with E-state index in [0.29, 0.717) is 22.2 Å². The molecule has 3 heterocycles.